The summed E-state index contributed by atoms with van der Waals surface area (Å²) >= 11 is 0. The van der Waals surface area contributed by atoms with E-state index in [-0.39, 0.29) is 17.5 Å². The van der Waals surface area contributed by atoms with E-state index in [4.69, 9.17) is 0 Å². The average Bonchev–Trinajstić information content (AvgIpc) is 2.60. The van der Waals surface area contributed by atoms with Gasteiger partial charge < -0.3 is 15.2 Å². The van der Waals surface area contributed by atoms with Crippen LogP contribution < -0.4 is 10.9 Å². The molecule has 1 fully saturated rings. The van der Waals surface area contributed by atoms with Crippen LogP contribution in [-0.4, -0.2) is 46.5 Å². The largest absolute Gasteiger partial charge is 0.352 e. The second-order valence-electron chi connectivity index (χ2n) is 6.34. The van der Waals surface area contributed by atoms with Crippen molar-refractivity contribution in [1.82, 2.24) is 20.2 Å². The summed E-state index contributed by atoms with van der Waals surface area (Å²) < 4.78 is 0. The molecule has 0 saturated carbocycles. The van der Waals surface area contributed by atoms with Crippen LogP contribution in [-0.2, 0) is 11.2 Å². The van der Waals surface area contributed by atoms with Crippen molar-refractivity contribution < 1.29 is 4.79 Å². The smallest absolute Gasteiger partial charge is 0.258 e. The van der Waals surface area contributed by atoms with Crippen LogP contribution in [0.25, 0.3) is 10.9 Å². The maximum absolute atomic E-state index is 12.1. The number of amides is 1. The first-order valence-electron chi connectivity index (χ1n) is 8.65. The molecule has 1 unspecified atom stereocenters. The minimum absolute atomic E-state index is 0.0812. The molecule has 2 heterocycles. The zero-order valence-electron chi connectivity index (χ0n) is 14.0. The summed E-state index contributed by atoms with van der Waals surface area (Å²) in [6.45, 7) is 4.59. The van der Waals surface area contributed by atoms with E-state index in [1.807, 2.05) is 25.1 Å². The number of nitrogens with zero attached hydrogens (tertiary/aromatic N) is 2. The second-order valence-corrected chi connectivity index (χ2v) is 6.34. The highest BCUT2D eigenvalue weighted by Gasteiger charge is 2.20. The Morgan fingerprint density at radius 1 is 1.42 bits per heavy atom. The number of aromatic amines is 1. The van der Waals surface area contributed by atoms with E-state index in [9.17, 15) is 9.59 Å². The molecule has 1 aromatic carbocycles. The first-order chi connectivity index (χ1) is 11.7. The van der Waals surface area contributed by atoms with Gasteiger partial charge in [-0.2, -0.15) is 0 Å². The number of hydrogen-bond acceptors (Lipinski definition) is 4. The molecule has 0 radical (unpaired) electrons. The molecule has 1 aliphatic heterocycles. The molecule has 1 saturated heterocycles. The van der Waals surface area contributed by atoms with E-state index in [1.54, 1.807) is 6.07 Å². The summed E-state index contributed by atoms with van der Waals surface area (Å²) in [7, 11) is 0. The van der Waals surface area contributed by atoms with Gasteiger partial charge in [-0.25, -0.2) is 4.98 Å². The minimum Gasteiger partial charge on any atom is -0.352 e. The molecule has 0 aliphatic carbocycles. The number of para-hydroxylation sites is 1. The third-order valence-electron chi connectivity index (χ3n) is 4.52. The predicted octanol–water partition coefficient (Wildman–Crippen LogP) is 1.46. The van der Waals surface area contributed by atoms with Gasteiger partial charge in [0, 0.05) is 32.0 Å². The molecule has 0 spiro atoms. The first-order valence-corrected chi connectivity index (χ1v) is 8.65. The van der Waals surface area contributed by atoms with Crippen LogP contribution in [0, 0.1) is 0 Å². The summed E-state index contributed by atoms with van der Waals surface area (Å²) in [5.74, 6) is 0.834. The lowest BCUT2D eigenvalue weighted by Crippen LogP contribution is -2.48. The quantitative estimate of drug-likeness (QED) is 0.871. The van der Waals surface area contributed by atoms with Gasteiger partial charge >= 0.3 is 0 Å². The van der Waals surface area contributed by atoms with Gasteiger partial charge in [0.05, 0.1) is 10.9 Å². The number of carbonyl (C=O) groups excluding carboxylic acids is 1. The van der Waals surface area contributed by atoms with E-state index < -0.39 is 0 Å². The number of piperidine rings is 1. The highest BCUT2D eigenvalue weighted by atomic mass is 16.1. The maximum atomic E-state index is 12.1. The normalized spacial score (nSPS) is 18.6. The Kier molecular flexibility index (Phi) is 5.25. The molecule has 24 heavy (non-hydrogen) atoms. The van der Waals surface area contributed by atoms with E-state index >= 15 is 0 Å². The van der Waals surface area contributed by atoms with Crippen LogP contribution in [0.1, 0.15) is 32.0 Å². The van der Waals surface area contributed by atoms with Gasteiger partial charge in [0.1, 0.15) is 5.82 Å². The van der Waals surface area contributed by atoms with Crippen LogP contribution in [0.15, 0.2) is 29.1 Å². The van der Waals surface area contributed by atoms with E-state index in [0.29, 0.717) is 18.2 Å². The number of hydrogen-bond donors (Lipinski definition) is 2. The lowest BCUT2D eigenvalue weighted by atomic mass is 10.1. The molecule has 1 aromatic heterocycles. The van der Waals surface area contributed by atoms with Crippen molar-refractivity contribution in [2.24, 2.45) is 0 Å². The Bertz CT molecular complexity index is 771. The van der Waals surface area contributed by atoms with E-state index in [2.05, 4.69) is 20.2 Å². The molecule has 0 bridgehead atoms. The monoisotopic (exact) mass is 328 g/mol. The van der Waals surface area contributed by atoms with E-state index in [0.717, 1.165) is 43.8 Å². The maximum Gasteiger partial charge on any atom is 0.258 e. The van der Waals surface area contributed by atoms with Crippen molar-refractivity contribution in [3.63, 3.8) is 0 Å². The number of fused-ring (bicyclic) bond motifs is 1. The molecule has 6 heteroatoms. The van der Waals surface area contributed by atoms with Gasteiger partial charge in [0.25, 0.3) is 5.56 Å². The zero-order chi connectivity index (χ0) is 16.9. The molecule has 1 atom stereocenters. The number of rotatable bonds is 5. The Hall–Kier alpha value is -2.21. The average molecular weight is 328 g/mol. The minimum atomic E-state index is -0.0812. The molecule has 2 aromatic rings. The van der Waals surface area contributed by atoms with Crippen LogP contribution in [0.4, 0.5) is 0 Å². The fourth-order valence-electron chi connectivity index (χ4n) is 3.22. The third-order valence-corrected chi connectivity index (χ3v) is 4.52. The number of nitrogens with one attached hydrogen (secondary N) is 2. The van der Waals surface area contributed by atoms with Gasteiger partial charge in [-0.05, 0) is 31.5 Å². The molecule has 128 valence electrons. The molecule has 3 rings (SSSR count). The Morgan fingerprint density at radius 3 is 3.08 bits per heavy atom. The summed E-state index contributed by atoms with van der Waals surface area (Å²) in [6, 6.07) is 7.62. The lowest BCUT2D eigenvalue weighted by molar-refractivity contribution is -0.121. The van der Waals surface area contributed by atoms with Gasteiger partial charge in [0.2, 0.25) is 5.91 Å². The van der Waals surface area contributed by atoms with Crippen molar-refractivity contribution in [3.05, 3.63) is 40.4 Å². The molecule has 1 aliphatic rings. The summed E-state index contributed by atoms with van der Waals surface area (Å²) in [5.41, 5.74) is 0.658. The molecule has 2 N–H and O–H groups in total. The highest BCUT2D eigenvalue weighted by molar-refractivity contribution is 5.77. The van der Waals surface area contributed by atoms with Gasteiger partial charge in [-0.15, -0.1) is 0 Å². The third kappa shape index (κ3) is 4.00. The van der Waals surface area contributed by atoms with Gasteiger partial charge in [0.15, 0.2) is 0 Å². The van der Waals surface area contributed by atoms with Crippen molar-refractivity contribution >= 4 is 16.8 Å². The van der Waals surface area contributed by atoms with Crippen LogP contribution in [0.5, 0.6) is 0 Å². The number of aromatic nitrogens is 2. The fraction of sp³-hybridized carbons (Fsp3) is 0.500. The SMILES string of the molecule is CCC(=O)NC1CCCN(CCc2nc3ccccc3c(=O)[nH]2)C1. The summed E-state index contributed by atoms with van der Waals surface area (Å²) in [6.07, 6.45) is 3.34. The standard InChI is InChI=1S/C18H24N4O2/c1-2-17(23)19-13-6-5-10-22(12-13)11-9-16-20-15-8-4-3-7-14(15)18(24)21-16/h3-4,7-8,13H,2,5-6,9-12H2,1H3,(H,19,23)(H,20,21,24). The van der Waals surface area contributed by atoms with Crippen LogP contribution >= 0.6 is 0 Å². The van der Waals surface area contributed by atoms with Crippen molar-refractivity contribution in [2.75, 3.05) is 19.6 Å². The van der Waals surface area contributed by atoms with Gasteiger partial charge in [-0.3, -0.25) is 9.59 Å². The molecule has 1 amide bonds. The predicted molar refractivity (Wildman–Crippen MR) is 94.0 cm³/mol. The Morgan fingerprint density at radius 2 is 2.25 bits per heavy atom. The number of carbonyl (C=O) groups is 1. The fourth-order valence-corrected chi connectivity index (χ4v) is 3.22. The first kappa shape index (κ1) is 16.6. The lowest BCUT2D eigenvalue weighted by Gasteiger charge is -2.33. The Balaban J connectivity index is 1.61. The molecular weight excluding hydrogens is 304 g/mol. The van der Waals surface area contributed by atoms with Crippen LogP contribution in [0.2, 0.25) is 0 Å². The number of benzene rings is 1. The number of H-pyrrole nitrogens is 1. The topological polar surface area (TPSA) is 78.1 Å². The van der Waals surface area contributed by atoms with Crippen molar-refractivity contribution in [3.8, 4) is 0 Å². The number of likely N-dealkylation sites (tertiary alicyclic amines) is 1. The van der Waals surface area contributed by atoms with Crippen molar-refractivity contribution in [1.29, 1.82) is 0 Å². The van der Waals surface area contributed by atoms with Gasteiger partial charge in [-0.1, -0.05) is 19.1 Å². The summed E-state index contributed by atoms with van der Waals surface area (Å²) in [5, 5.41) is 3.70. The summed E-state index contributed by atoms with van der Waals surface area (Å²) in [4.78, 5) is 33.4. The zero-order valence-corrected chi connectivity index (χ0v) is 14.0. The molecule has 6 nitrogen and oxygen atoms in total. The van der Waals surface area contributed by atoms with Crippen molar-refractivity contribution in [2.45, 2.75) is 38.6 Å². The second kappa shape index (κ2) is 7.57. The highest BCUT2D eigenvalue weighted by Crippen LogP contribution is 2.11. The van der Waals surface area contributed by atoms with E-state index in [1.165, 1.54) is 0 Å². The molecular formula is C18H24N4O2. The Labute approximate surface area is 141 Å². The van der Waals surface area contributed by atoms with Crippen LogP contribution in [0.3, 0.4) is 0 Å².